The SMILES string of the molecule is CCN(c1ccc(C(C)C)c(Br)c1)c1nc(C)cc(N2CC=C(c3cccs3)CC2)n1. The molecule has 0 spiro atoms. The summed E-state index contributed by atoms with van der Waals surface area (Å²) in [4.78, 5) is 15.7. The first-order chi connectivity index (χ1) is 15.0. The highest BCUT2D eigenvalue weighted by Gasteiger charge is 2.19. The molecule has 2 aromatic heterocycles. The molecule has 4 nitrogen and oxygen atoms in total. The van der Waals surface area contributed by atoms with Crippen LogP contribution in [-0.4, -0.2) is 29.6 Å². The van der Waals surface area contributed by atoms with Gasteiger partial charge in [-0.25, -0.2) is 4.98 Å². The zero-order chi connectivity index (χ0) is 22.0. The molecule has 0 fully saturated rings. The number of hydrogen-bond acceptors (Lipinski definition) is 5. The van der Waals surface area contributed by atoms with E-state index in [1.807, 2.05) is 11.3 Å². The smallest absolute Gasteiger partial charge is 0.232 e. The van der Waals surface area contributed by atoms with E-state index in [-0.39, 0.29) is 0 Å². The average Bonchev–Trinajstić information content (AvgIpc) is 3.29. The molecule has 0 aliphatic carbocycles. The fraction of sp³-hybridized carbons (Fsp3) is 0.360. The van der Waals surface area contributed by atoms with Crippen molar-refractivity contribution in [2.45, 2.75) is 40.0 Å². The minimum Gasteiger partial charge on any atom is -0.352 e. The number of hydrogen-bond donors (Lipinski definition) is 0. The van der Waals surface area contributed by atoms with Crippen LogP contribution in [0.25, 0.3) is 5.57 Å². The lowest BCUT2D eigenvalue weighted by molar-refractivity contribution is 0.806. The highest BCUT2D eigenvalue weighted by molar-refractivity contribution is 9.10. The van der Waals surface area contributed by atoms with E-state index in [0.717, 1.165) is 53.7 Å². The highest BCUT2D eigenvalue weighted by atomic mass is 79.9. The van der Waals surface area contributed by atoms with Gasteiger partial charge in [-0.2, -0.15) is 4.98 Å². The van der Waals surface area contributed by atoms with E-state index in [4.69, 9.17) is 9.97 Å². The maximum absolute atomic E-state index is 4.98. The second kappa shape index (κ2) is 9.53. The van der Waals surface area contributed by atoms with Gasteiger partial charge in [-0.05, 0) is 60.9 Å². The van der Waals surface area contributed by atoms with Crippen LogP contribution in [0.4, 0.5) is 17.5 Å². The molecule has 3 heterocycles. The number of thiophene rings is 1. The van der Waals surface area contributed by atoms with E-state index in [2.05, 4.69) is 101 Å². The Labute approximate surface area is 197 Å². The van der Waals surface area contributed by atoms with E-state index in [1.165, 1.54) is 16.0 Å². The van der Waals surface area contributed by atoms with Gasteiger partial charge in [-0.1, -0.05) is 48.0 Å². The van der Waals surface area contributed by atoms with E-state index in [9.17, 15) is 0 Å². The summed E-state index contributed by atoms with van der Waals surface area (Å²) in [5.41, 5.74) is 4.85. The van der Waals surface area contributed by atoms with Gasteiger partial charge >= 0.3 is 0 Å². The molecule has 0 N–H and O–H groups in total. The maximum Gasteiger partial charge on any atom is 0.232 e. The van der Waals surface area contributed by atoms with Crippen molar-refractivity contribution < 1.29 is 0 Å². The van der Waals surface area contributed by atoms with Gasteiger partial charge in [0, 0.05) is 46.4 Å². The number of aryl methyl sites for hydroxylation is 1. The Bertz CT molecular complexity index is 1080. The van der Waals surface area contributed by atoms with Crippen LogP contribution in [0.1, 0.15) is 49.2 Å². The molecule has 6 heteroatoms. The Morgan fingerprint density at radius 3 is 2.65 bits per heavy atom. The summed E-state index contributed by atoms with van der Waals surface area (Å²) in [6, 6.07) is 13.0. The molecule has 0 radical (unpaired) electrons. The van der Waals surface area contributed by atoms with Gasteiger partial charge in [-0.3, -0.25) is 0 Å². The predicted octanol–water partition coefficient (Wildman–Crippen LogP) is 7.18. The van der Waals surface area contributed by atoms with Gasteiger partial charge in [0.05, 0.1) is 0 Å². The molecular formula is C25H29BrN4S. The second-order valence-electron chi connectivity index (χ2n) is 8.17. The van der Waals surface area contributed by atoms with Gasteiger partial charge in [0.15, 0.2) is 0 Å². The molecule has 0 bridgehead atoms. The molecule has 0 saturated heterocycles. The molecule has 1 aliphatic heterocycles. The number of nitrogens with zero attached hydrogens (tertiary/aromatic N) is 4. The molecule has 1 aliphatic rings. The van der Waals surface area contributed by atoms with Crippen LogP contribution in [0.2, 0.25) is 0 Å². The third-order valence-electron chi connectivity index (χ3n) is 5.68. The number of benzene rings is 1. The minimum absolute atomic E-state index is 0.478. The van der Waals surface area contributed by atoms with E-state index >= 15 is 0 Å². The third-order valence-corrected chi connectivity index (χ3v) is 7.31. The van der Waals surface area contributed by atoms with Crippen LogP contribution >= 0.6 is 27.3 Å². The predicted molar refractivity (Wildman–Crippen MR) is 137 cm³/mol. The van der Waals surface area contributed by atoms with Crippen LogP contribution in [0.5, 0.6) is 0 Å². The lowest BCUT2D eigenvalue weighted by Crippen LogP contribution is -2.30. The molecule has 0 unspecified atom stereocenters. The van der Waals surface area contributed by atoms with E-state index in [1.54, 1.807) is 0 Å². The lowest BCUT2D eigenvalue weighted by atomic mass is 10.0. The van der Waals surface area contributed by atoms with Crippen molar-refractivity contribution >= 4 is 50.3 Å². The van der Waals surface area contributed by atoms with E-state index < -0.39 is 0 Å². The van der Waals surface area contributed by atoms with Gasteiger partial charge in [0.25, 0.3) is 0 Å². The summed E-state index contributed by atoms with van der Waals surface area (Å²) in [5.74, 6) is 2.24. The van der Waals surface area contributed by atoms with Crippen LogP contribution in [0, 0.1) is 6.92 Å². The van der Waals surface area contributed by atoms with Crippen LogP contribution < -0.4 is 9.80 Å². The van der Waals surface area contributed by atoms with Crippen molar-refractivity contribution in [1.82, 2.24) is 9.97 Å². The third kappa shape index (κ3) is 4.85. The fourth-order valence-electron chi connectivity index (χ4n) is 3.97. The maximum atomic E-state index is 4.98. The Morgan fingerprint density at radius 1 is 1.19 bits per heavy atom. The Hall–Kier alpha value is -2.18. The van der Waals surface area contributed by atoms with Gasteiger partial charge < -0.3 is 9.80 Å². The average molecular weight is 498 g/mol. The summed E-state index contributed by atoms with van der Waals surface area (Å²) in [7, 11) is 0. The normalized spacial score (nSPS) is 14.1. The molecule has 4 rings (SSSR count). The topological polar surface area (TPSA) is 32.3 Å². The quantitative estimate of drug-likeness (QED) is 0.361. The van der Waals surface area contributed by atoms with Gasteiger partial charge in [0.1, 0.15) is 5.82 Å². The van der Waals surface area contributed by atoms with Gasteiger partial charge in [-0.15, -0.1) is 11.3 Å². The van der Waals surface area contributed by atoms with Crippen LogP contribution in [-0.2, 0) is 0 Å². The molecule has 1 aromatic carbocycles. The van der Waals surface area contributed by atoms with Crippen molar-refractivity contribution in [3.63, 3.8) is 0 Å². The molecule has 31 heavy (non-hydrogen) atoms. The fourth-order valence-corrected chi connectivity index (χ4v) is 5.60. The molecule has 0 saturated carbocycles. The van der Waals surface area contributed by atoms with Crippen LogP contribution in [0.3, 0.4) is 0 Å². The molecule has 3 aromatic rings. The van der Waals surface area contributed by atoms with Crippen LogP contribution in [0.15, 0.2) is 52.3 Å². The first-order valence-corrected chi connectivity index (χ1v) is 12.5. The summed E-state index contributed by atoms with van der Waals surface area (Å²) in [5, 5.41) is 2.15. The van der Waals surface area contributed by atoms with Crippen molar-refractivity contribution in [2.75, 3.05) is 29.4 Å². The standard InChI is InChI=1S/C25H29BrN4S/c1-5-30(20-8-9-21(17(2)3)22(26)16-20)25-27-18(4)15-24(28-25)29-12-10-19(11-13-29)23-7-6-14-31-23/h6-10,14-17H,5,11-13H2,1-4H3. The summed E-state index contributed by atoms with van der Waals surface area (Å²) < 4.78 is 1.13. The first-order valence-electron chi connectivity index (χ1n) is 10.9. The number of aromatic nitrogens is 2. The zero-order valence-corrected chi connectivity index (χ0v) is 21.0. The lowest BCUT2D eigenvalue weighted by Gasteiger charge is -2.29. The highest BCUT2D eigenvalue weighted by Crippen LogP contribution is 2.33. The van der Waals surface area contributed by atoms with Crippen molar-refractivity contribution in [2.24, 2.45) is 0 Å². The summed E-state index contributed by atoms with van der Waals surface area (Å²) >= 11 is 5.57. The molecule has 162 valence electrons. The van der Waals surface area contributed by atoms with E-state index in [0.29, 0.717) is 5.92 Å². The Morgan fingerprint density at radius 2 is 2.03 bits per heavy atom. The summed E-state index contributed by atoms with van der Waals surface area (Å²) in [6.07, 6.45) is 3.38. The monoisotopic (exact) mass is 496 g/mol. The van der Waals surface area contributed by atoms with Crippen molar-refractivity contribution in [3.05, 3.63) is 68.5 Å². The van der Waals surface area contributed by atoms with Crippen molar-refractivity contribution in [1.29, 1.82) is 0 Å². The number of anilines is 3. The first kappa shape index (κ1) is 22.0. The van der Waals surface area contributed by atoms with Crippen molar-refractivity contribution in [3.8, 4) is 0 Å². The summed E-state index contributed by atoms with van der Waals surface area (Å²) in [6.45, 7) is 11.3. The number of halogens is 1. The zero-order valence-electron chi connectivity index (χ0n) is 18.6. The van der Waals surface area contributed by atoms with Gasteiger partial charge in [0.2, 0.25) is 5.95 Å². The molecule has 0 atom stereocenters. The Balaban J connectivity index is 1.60. The Kier molecular flexibility index (Phi) is 6.77. The number of rotatable bonds is 6. The largest absolute Gasteiger partial charge is 0.352 e. The molecular weight excluding hydrogens is 468 g/mol. The minimum atomic E-state index is 0.478. The second-order valence-corrected chi connectivity index (χ2v) is 9.98. The molecule has 0 amide bonds.